The van der Waals surface area contributed by atoms with E-state index in [9.17, 15) is 0 Å². The lowest BCUT2D eigenvalue weighted by Crippen LogP contribution is -2.21. The predicted molar refractivity (Wildman–Crippen MR) is 74.2 cm³/mol. The van der Waals surface area contributed by atoms with E-state index in [0.717, 1.165) is 12.5 Å². The van der Waals surface area contributed by atoms with Gasteiger partial charge in [0.1, 0.15) is 0 Å². The van der Waals surface area contributed by atoms with Crippen LogP contribution in [0.2, 0.25) is 0 Å². The Labute approximate surface area is 105 Å². The Morgan fingerprint density at radius 1 is 1.29 bits per heavy atom. The minimum atomic E-state index is 0.559. The zero-order valence-electron chi connectivity index (χ0n) is 10.9. The number of hydrogen-bond acceptors (Lipinski definition) is 1. The third-order valence-electron chi connectivity index (χ3n) is 3.71. The highest BCUT2D eigenvalue weighted by molar-refractivity contribution is 5.30. The van der Waals surface area contributed by atoms with Gasteiger partial charge >= 0.3 is 0 Å². The van der Waals surface area contributed by atoms with Gasteiger partial charge in [-0.2, -0.15) is 0 Å². The van der Waals surface area contributed by atoms with Gasteiger partial charge in [-0.1, -0.05) is 48.9 Å². The van der Waals surface area contributed by atoms with Gasteiger partial charge in [-0.15, -0.1) is 0 Å². The Balaban J connectivity index is 2.20. The number of nitrogens with one attached hydrogen (secondary N) is 1. The van der Waals surface area contributed by atoms with Crippen LogP contribution < -0.4 is 5.32 Å². The molecular formula is C16H23N. The summed E-state index contributed by atoms with van der Waals surface area (Å²) >= 11 is 0. The highest BCUT2D eigenvalue weighted by Crippen LogP contribution is 2.33. The van der Waals surface area contributed by atoms with E-state index in [-0.39, 0.29) is 0 Å². The molecule has 1 N–H and O–H groups in total. The number of benzene rings is 1. The SMILES string of the molecule is CNCC(C1=CCCC(C)C1)c1ccccc1. The van der Waals surface area contributed by atoms with Gasteiger partial charge in [0.15, 0.2) is 0 Å². The molecule has 2 atom stereocenters. The van der Waals surface area contributed by atoms with Crippen LogP contribution in [0.4, 0.5) is 0 Å². The molecule has 0 saturated heterocycles. The lowest BCUT2D eigenvalue weighted by atomic mass is 9.80. The van der Waals surface area contributed by atoms with Crippen LogP contribution in [0, 0.1) is 5.92 Å². The fraction of sp³-hybridized carbons (Fsp3) is 0.500. The Kier molecular flexibility index (Phi) is 4.38. The third kappa shape index (κ3) is 3.19. The van der Waals surface area contributed by atoms with Crippen LogP contribution in [0.5, 0.6) is 0 Å². The molecule has 0 bridgehead atoms. The molecule has 1 nitrogen and oxygen atoms in total. The number of likely N-dealkylation sites (N-methyl/N-ethyl adjacent to an activating group) is 1. The van der Waals surface area contributed by atoms with Crippen LogP contribution in [0.3, 0.4) is 0 Å². The molecule has 1 heteroatoms. The van der Waals surface area contributed by atoms with E-state index in [1.807, 2.05) is 7.05 Å². The third-order valence-corrected chi connectivity index (χ3v) is 3.71. The Morgan fingerprint density at radius 3 is 2.71 bits per heavy atom. The number of allylic oxidation sites excluding steroid dienone is 1. The molecule has 2 unspecified atom stereocenters. The summed E-state index contributed by atoms with van der Waals surface area (Å²) in [6, 6.07) is 10.9. The zero-order chi connectivity index (χ0) is 12.1. The maximum Gasteiger partial charge on any atom is 0.0173 e. The van der Waals surface area contributed by atoms with E-state index in [4.69, 9.17) is 0 Å². The van der Waals surface area contributed by atoms with E-state index in [1.165, 1.54) is 24.8 Å². The van der Waals surface area contributed by atoms with Gasteiger partial charge in [0, 0.05) is 12.5 Å². The summed E-state index contributed by atoms with van der Waals surface area (Å²) in [6.07, 6.45) is 6.34. The van der Waals surface area contributed by atoms with Crippen molar-refractivity contribution >= 4 is 0 Å². The second kappa shape index (κ2) is 6.02. The molecule has 0 aliphatic heterocycles. The first-order valence-corrected chi connectivity index (χ1v) is 6.69. The lowest BCUT2D eigenvalue weighted by molar-refractivity contribution is 0.484. The summed E-state index contributed by atoms with van der Waals surface area (Å²) in [4.78, 5) is 0. The van der Waals surface area contributed by atoms with Crippen molar-refractivity contribution in [3.8, 4) is 0 Å². The van der Waals surface area contributed by atoms with Crippen LogP contribution in [-0.2, 0) is 0 Å². The van der Waals surface area contributed by atoms with E-state index in [0.29, 0.717) is 5.92 Å². The van der Waals surface area contributed by atoms with E-state index < -0.39 is 0 Å². The first kappa shape index (κ1) is 12.4. The van der Waals surface area contributed by atoms with Crippen molar-refractivity contribution in [2.24, 2.45) is 5.92 Å². The highest BCUT2D eigenvalue weighted by atomic mass is 14.8. The van der Waals surface area contributed by atoms with Gasteiger partial charge in [-0.25, -0.2) is 0 Å². The Hall–Kier alpha value is -1.08. The summed E-state index contributed by atoms with van der Waals surface area (Å²) < 4.78 is 0. The molecule has 1 aliphatic carbocycles. The van der Waals surface area contributed by atoms with Crippen LogP contribution >= 0.6 is 0 Å². The molecular weight excluding hydrogens is 206 g/mol. The fourth-order valence-electron chi connectivity index (χ4n) is 2.78. The molecule has 1 aromatic rings. The molecule has 0 radical (unpaired) electrons. The van der Waals surface area contributed by atoms with Gasteiger partial charge < -0.3 is 5.32 Å². The average molecular weight is 229 g/mol. The number of hydrogen-bond donors (Lipinski definition) is 1. The van der Waals surface area contributed by atoms with Crippen molar-refractivity contribution in [1.82, 2.24) is 5.32 Å². The van der Waals surface area contributed by atoms with E-state index in [1.54, 1.807) is 5.57 Å². The minimum absolute atomic E-state index is 0.559. The maximum atomic E-state index is 3.34. The van der Waals surface area contributed by atoms with E-state index >= 15 is 0 Å². The van der Waals surface area contributed by atoms with Crippen molar-refractivity contribution in [2.45, 2.75) is 32.1 Å². The molecule has 0 saturated carbocycles. The first-order valence-electron chi connectivity index (χ1n) is 6.69. The molecule has 92 valence electrons. The van der Waals surface area contributed by atoms with Gasteiger partial charge in [-0.05, 0) is 37.8 Å². The largest absolute Gasteiger partial charge is 0.319 e. The van der Waals surface area contributed by atoms with Crippen LogP contribution in [0.15, 0.2) is 42.0 Å². The van der Waals surface area contributed by atoms with Gasteiger partial charge in [-0.3, -0.25) is 0 Å². The van der Waals surface area contributed by atoms with Crippen molar-refractivity contribution < 1.29 is 0 Å². The normalized spacial score (nSPS) is 22.0. The van der Waals surface area contributed by atoms with Crippen molar-refractivity contribution in [3.05, 3.63) is 47.5 Å². The molecule has 0 heterocycles. The fourth-order valence-corrected chi connectivity index (χ4v) is 2.78. The summed E-state index contributed by atoms with van der Waals surface area (Å²) in [5, 5.41) is 3.34. The predicted octanol–water partition coefficient (Wildman–Crippen LogP) is 3.74. The summed E-state index contributed by atoms with van der Waals surface area (Å²) in [7, 11) is 2.04. The molecule has 2 rings (SSSR count). The zero-order valence-corrected chi connectivity index (χ0v) is 10.9. The van der Waals surface area contributed by atoms with Crippen LogP contribution in [0.25, 0.3) is 0 Å². The summed E-state index contributed by atoms with van der Waals surface area (Å²) in [5.74, 6) is 1.40. The number of rotatable bonds is 4. The van der Waals surface area contributed by atoms with Crippen molar-refractivity contribution in [2.75, 3.05) is 13.6 Å². The monoisotopic (exact) mass is 229 g/mol. The second-order valence-corrected chi connectivity index (χ2v) is 5.19. The summed E-state index contributed by atoms with van der Waals surface area (Å²) in [6.45, 7) is 3.41. The van der Waals surface area contributed by atoms with Crippen LogP contribution in [-0.4, -0.2) is 13.6 Å². The topological polar surface area (TPSA) is 12.0 Å². The Bertz CT molecular complexity index is 366. The van der Waals surface area contributed by atoms with Crippen molar-refractivity contribution in [1.29, 1.82) is 0 Å². The van der Waals surface area contributed by atoms with Crippen molar-refractivity contribution in [3.63, 3.8) is 0 Å². The van der Waals surface area contributed by atoms with E-state index in [2.05, 4.69) is 48.6 Å². The van der Waals surface area contributed by atoms with Crippen LogP contribution in [0.1, 0.15) is 37.7 Å². The molecule has 0 amide bonds. The van der Waals surface area contributed by atoms with Gasteiger partial charge in [0.25, 0.3) is 0 Å². The average Bonchev–Trinajstić information content (AvgIpc) is 2.37. The Morgan fingerprint density at radius 2 is 2.06 bits per heavy atom. The van der Waals surface area contributed by atoms with Gasteiger partial charge in [0.05, 0.1) is 0 Å². The standard InChI is InChI=1S/C16H23N/c1-13-7-6-10-15(11-13)16(12-17-2)14-8-4-3-5-9-14/h3-5,8-10,13,16-17H,6-7,11-12H2,1-2H3. The molecule has 17 heavy (non-hydrogen) atoms. The molecule has 1 aromatic carbocycles. The maximum absolute atomic E-state index is 3.34. The second-order valence-electron chi connectivity index (χ2n) is 5.19. The highest BCUT2D eigenvalue weighted by Gasteiger charge is 2.20. The molecule has 0 fully saturated rings. The quantitative estimate of drug-likeness (QED) is 0.776. The van der Waals surface area contributed by atoms with Gasteiger partial charge in [0.2, 0.25) is 0 Å². The lowest BCUT2D eigenvalue weighted by Gasteiger charge is -2.26. The molecule has 0 spiro atoms. The summed E-state index contributed by atoms with van der Waals surface area (Å²) in [5.41, 5.74) is 3.08. The first-order chi connectivity index (χ1) is 8.31. The molecule has 1 aliphatic rings. The minimum Gasteiger partial charge on any atom is -0.319 e. The smallest absolute Gasteiger partial charge is 0.0173 e. The molecule has 0 aromatic heterocycles.